The van der Waals surface area contributed by atoms with Crippen molar-refractivity contribution in [2.45, 2.75) is 96.4 Å². The highest BCUT2D eigenvalue weighted by Gasteiger charge is 2.46. The highest BCUT2D eigenvalue weighted by Crippen LogP contribution is 2.41. The second-order valence-electron chi connectivity index (χ2n) is 14.6. The molecule has 288 valence electrons. The molecule has 0 aromatic heterocycles. The summed E-state index contributed by atoms with van der Waals surface area (Å²) in [5.74, 6) is -1.38. The van der Waals surface area contributed by atoms with Crippen molar-refractivity contribution in [1.82, 2.24) is 25.3 Å². The molecule has 0 saturated carbocycles. The summed E-state index contributed by atoms with van der Waals surface area (Å²) in [6, 6.07) is 2.58. The number of methoxy groups -OCH3 is 2. The molecule has 16 nitrogen and oxygen atoms in total. The van der Waals surface area contributed by atoms with E-state index < -0.39 is 47.7 Å². The van der Waals surface area contributed by atoms with E-state index in [0.29, 0.717) is 87.3 Å². The van der Waals surface area contributed by atoms with Crippen LogP contribution >= 0.6 is 0 Å². The van der Waals surface area contributed by atoms with Gasteiger partial charge in [-0.15, -0.1) is 0 Å². The first-order valence-corrected chi connectivity index (χ1v) is 18.1. The maximum Gasteiger partial charge on any atom is 0.411 e. The lowest BCUT2D eigenvalue weighted by molar-refractivity contribution is -0.147. The van der Waals surface area contributed by atoms with Crippen molar-refractivity contribution in [2.24, 2.45) is 5.92 Å². The molecule has 0 bridgehead atoms. The summed E-state index contributed by atoms with van der Waals surface area (Å²) in [6.45, 7) is 8.39. The van der Waals surface area contributed by atoms with Crippen molar-refractivity contribution < 1.29 is 47.8 Å². The van der Waals surface area contributed by atoms with Crippen LogP contribution in [0.4, 0.5) is 15.3 Å². The second kappa shape index (κ2) is 16.3. The quantitative estimate of drug-likeness (QED) is 0.334. The number of allylic oxidation sites excluding steroid dienone is 1. The number of likely N-dealkylation sites (tertiary alicyclic amines) is 3. The van der Waals surface area contributed by atoms with Crippen LogP contribution in [0.15, 0.2) is 29.5 Å². The predicted octanol–water partition coefficient (Wildman–Crippen LogP) is 2.96. The number of anilines is 1. The lowest BCUT2D eigenvalue weighted by Gasteiger charge is -2.45. The first kappa shape index (κ1) is 39.1. The monoisotopic (exact) mass is 738 g/mol. The SMILES string of the molecule is COC(=O)NC(C(=O)N1CCC[C@H]1C(=O)Nc1ccc2c(c1)OC1(CCN(C(=O)[C@@H]3CCCN3C(=O)[C@@H](NC(=O)OC)C(C)C)CC1)CC2=O)=C(C)C. The largest absolute Gasteiger partial charge is 0.486 e. The number of hydrogen-bond donors (Lipinski definition) is 3. The normalized spacial score (nSPS) is 21.0. The van der Waals surface area contributed by atoms with Gasteiger partial charge in [0.1, 0.15) is 35.2 Å². The average molecular weight is 739 g/mol. The Hall–Kier alpha value is -5.15. The van der Waals surface area contributed by atoms with Crippen molar-refractivity contribution in [3.63, 3.8) is 0 Å². The van der Waals surface area contributed by atoms with E-state index in [1.165, 1.54) is 19.1 Å². The Bertz CT molecular complexity index is 1680. The molecule has 1 aromatic carbocycles. The Labute approximate surface area is 308 Å². The third kappa shape index (κ3) is 8.41. The van der Waals surface area contributed by atoms with E-state index in [-0.39, 0.29) is 35.6 Å². The van der Waals surface area contributed by atoms with Crippen LogP contribution in [0.5, 0.6) is 5.75 Å². The van der Waals surface area contributed by atoms with Crippen LogP contribution in [0.3, 0.4) is 0 Å². The Morgan fingerprint density at radius 1 is 0.887 bits per heavy atom. The van der Waals surface area contributed by atoms with E-state index in [4.69, 9.17) is 9.47 Å². The molecule has 0 radical (unpaired) electrons. The molecule has 3 saturated heterocycles. The van der Waals surface area contributed by atoms with Crippen molar-refractivity contribution in [2.75, 3.05) is 45.7 Å². The zero-order chi connectivity index (χ0) is 38.6. The summed E-state index contributed by atoms with van der Waals surface area (Å²) in [5, 5.41) is 7.93. The number of fused-ring (bicyclic) bond motifs is 1. The minimum Gasteiger partial charge on any atom is -0.486 e. The van der Waals surface area contributed by atoms with E-state index in [1.807, 2.05) is 13.8 Å². The summed E-state index contributed by atoms with van der Waals surface area (Å²) in [7, 11) is 2.43. The summed E-state index contributed by atoms with van der Waals surface area (Å²) in [5.41, 5.74) is 0.564. The van der Waals surface area contributed by atoms with Crippen LogP contribution in [0.2, 0.25) is 0 Å². The Kier molecular flexibility index (Phi) is 12.0. The summed E-state index contributed by atoms with van der Waals surface area (Å²) in [6.07, 6.45) is 1.64. The molecule has 3 N–H and O–H groups in total. The number of hydrogen-bond acceptors (Lipinski definition) is 10. The third-order valence-corrected chi connectivity index (χ3v) is 10.5. The molecule has 5 rings (SSSR count). The Morgan fingerprint density at radius 2 is 1.53 bits per heavy atom. The lowest BCUT2D eigenvalue weighted by Crippen LogP contribution is -2.58. The Morgan fingerprint density at radius 3 is 2.15 bits per heavy atom. The highest BCUT2D eigenvalue weighted by molar-refractivity contribution is 6.04. The summed E-state index contributed by atoms with van der Waals surface area (Å²) < 4.78 is 15.9. The molecule has 3 atom stereocenters. The van der Waals surface area contributed by atoms with Gasteiger partial charge in [-0.3, -0.25) is 29.3 Å². The number of alkyl carbamates (subject to hydrolysis) is 2. The minimum atomic E-state index is -0.843. The van der Waals surface area contributed by atoms with Crippen molar-refractivity contribution in [3.8, 4) is 5.75 Å². The fraction of sp³-hybridized carbons (Fsp3) is 0.595. The van der Waals surface area contributed by atoms with E-state index in [9.17, 15) is 33.6 Å². The van der Waals surface area contributed by atoms with E-state index in [1.54, 1.807) is 41.8 Å². The zero-order valence-corrected chi connectivity index (χ0v) is 31.2. The predicted molar refractivity (Wildman–Crippen MR) is 191 cm³/mol. The number of ketones is 1. The molecule has 6 amide bonds. The molecular weight excluding hydrogens is 688 g/mol. The molecule has 0 unspecified atom stereocenters. The van der Waals surface area contributed by atoms with Gasteiger partial charge in [0.25, 0.3) is 5.91 Å². The van der Waals surface area contributed by atoms with Crippen LogP contribution in [0, 0.1) is 5.92 Å². The standard InChI is InChI=1S/C37H50N6O10/c1-21(2)29(39-35(49)51-5)33(47)42-15-7-9-25(42)31(45)38-23-11-12-24-27(44)20-37(53-28(24)19-23)13-17-41(18-14-37)32(46)26-10-8-16-43(26)34(48)30(22(3)4)40-36(50)52-6/h11-12,19,22,25-26,30H,7-10,13-18,20H2,1-6H3,(H,38,45)(H,39,49)(H,40,50)/t25-,26-,30-/m0/s1. The van der Waals surface area contributed by atoms with Crippen LogP contribution in [0.25, 0.3) is 0 Å². The molecule has 4 aliphatic heterocycles. The number of carbonyl (C=O) groups excluding carboxylic acids is 7. The van der Waals surface area contributed by atoms with Crippen LogP contribution < -0.4 is 20.7 Å². The maximum atomic E-state index is 13.8. The van der Waals surface area contributed by atoms with Crippen molar-refractivity contribution >= 4 is 47.3 Å². The first-order valence-electron chi connectivity index (χ1n) is 18.1. The van der Waals surface area contributed by atoms with Gasteiger partial charge in [0.2, 0.25) is 17.7 Å². The topological polar surface area (TPSA) is 193 Å². The fourth-order valence-corrected chi connectivity index (χ4v) is 7.56. The van der Waals surface area contributed by atoms with Crippen molar-refractivity contribution in [3.05, 3.63) is 35.0 Å². The van der Waals surface area contributed by atoms with E-state index in [2.05, 4.69) is 20.7 Å². The van der Waals surface area contributed by atoms with Crippen LogP contribution in [0.1, 0.15) is 83.0 Å². The van der Waals surface area contributed by atoms with Gasteiger partial charge in [-0.1, -0.05) is 13.8 Å². The van der Waals surface area contributed by atoms with Gasteiger partial charge >= 0.3 is 12.2 Å². The summed E-state index contributed by atoms with van der Waals surface area (Å²) in [4.78, 5) is 96.1. The number of nitrogens with zero attached hydrogens (tertiary/aromatic N) is 3. The molecule has 53 heavy (non-hydrogen) atoms. The van der Waals surface area contributed by atoms with Gasteiger partial charge in [0, 0.05) is 50.8 Å². The number of nitrogens with one attached hydrogen (secondary N) is 3. The smallest absolute Gasteiger partial charge is 0.411 e. The number of piperidine rings is 1. The van der Waals surface area contributed by atoms with Gasteiger partial charge < -0.3 is 39.5 Å². The van der Waals surface area contributed by atoms with Gasteiger partial charge in [-0.25, -0.2) is 9.59 Å². The van der Waals surface area contributed by atoms with Crippen LogP contribution in [-0.2, 0) is 28.7 Å². The lowest BCUT2D eigenvalue weighted by atomic mass is 9.82. The highest BCUT2D eigenvalue weighted by atomic mass is 16.5. The van der Waals surface area contributed by atoms with Gasteiger partial charge in [0.05, 0.1) is 26.2 Å². The molecule has 4 heterocycles. The first-order chi connectivity index (χ1) is 25.2. The van der Waals surface area contributed by atoms with Crippen molar-refractivity contribution in [1.29, 1.82) is 0 Å². The zero-order valence-electron chi connectivity index (χ0n) is 31.2. The van der Waals surface area contributed by atoms with E-state index in [0.717, 1.165) is 0 Å². The molecule has 16 heteroatoms. The minimum absolute atomic E-state index is 0.0528. The van der Waals surface area contributed by atoms with Gasteiger partial charge in [-0.05, 0) is 63.2 Å². The number of Topliss-reactive ketones (excluding diaryl/α,β-unsaturated/α-hetero) is 1. The van der Waals surface area contributed by atoms with Crippen LogP contribution in [-0.4, -0.2) is 120 Å². The molecule has 1 spiro atoms. The molecule has 3 fully saturated rings. The number of ether oxygens (including phenoxy) is 3. The molecule has 1 aromatic rings. The molecular formula is C37H50N6O10. The van der Waals surface area contributed by atoms with E-state index >= 15 is 0 Å². The number of amides is 6. The number of rotatable bonds is 8. The number of carbonyl (C=O) groups is 7. The Balaban J connectivity index is 1.23. The average Bonchev–Trinajstić information content (AvgIpc) is 3.83. The molecule has 0 aliphatic carbocycles. The maximum absolute atomic E-state index is 13.8. The fourth-order valence-electron chi connectivity index (χ4n) is 7.56. The second-order valence-corrected chi connectivity index (χ2v) is 14.6. The third-order valence-electron chi connectivity index (χ3n) is 10.5. The molecule has 4 aliphatic rings. The van der Waals surface area contributed by atoms with Gasteiger partial charge in [-0.2, -0.15) is 0 Å². The van der Waals surface area contributed by atoms with Gasteiger partial charge in [0.15, 0.2) is 5.78 Å². The number of benzene rings is 1. The summed E-state index contributed by atoms with van der Waals surface area (Å²) >= 11 is 0.